The Morgan fingerprint density at radius 2 is 1.83 bits per heavy atom. The number of aliphatic imine (C=N–C) groups is 1. The summed E-state index contributed by atoms with van der Waals surface area (Å²) >= 11 is 1.83. The van der Waals surface area contributed by atoms with Crippen LogP contribution in [0.2, 0.25) is 0 Å². The molecule has 0 aromatic heterocycles. The van der Waals surface area contributed by atoms with Crippen molar-refractivity contribution in [3.05, 3.63) is 23.8 Å². The summed E-state index contributed by atoms with van der Waals surface area (Å²) in [6, 6.07) is 6.16. The van der Waals surface area contributed by atoms with Crippen molar-refractivity contribution < 1.29 is 9.47 Å². The van der Waals surface area contributed by atoms with Gasteiger partial charge in [-0.05, 0) is 44.7 Å². The van der Waals surface area contributed by atoms with Gasteiger partial charge < -0.3 is 20.1 Å². The number of ether oxygens (including phenoxy) is 2. The summed E-state index contributed by atoms with van der Waals surface area (Å²) in [5.41, 5.74) is 1.13. The van der Waals surface area contributed by atoms with E-state index >= 15 is 0 Å². The summed E-state index contributed by atoms with van der Waals surface area (Å²) in [7, 11) is 1.79. The summed E-state index contributed by atoms with van der Waals surface area (Å²) in [5.74, 6) is 2.37. The Labute approximate surface area is 150 Å². The second kappa shape index (κ2) is 11.1. The first kappa shape index (κ1) is 20.5. The lowest BCUT2D eigenvalue weighted by Gasteiger charge is -2.21. The Hall–Kier alpha value is -1.56. The number of rotatable bonds is 9. The zero-order chi connectivity index (χ0) is 17.9. The molecule has 6 heteroatoms. The number of guanidine groups is 1. The van der Waals surface area contributed by atoms with Crippen molar-refractivity contribution in [2.45, 2.75) is 39.0 Å². The van der Waals surface area contributed by atoms with E-state index in [1.54, 1.807) is 7.05 Å². The van der Waals surface area contributed by atoms with Crippen LogP contribution in [0, 0.1) is 0 Å². The summed E-state index contributed by atoms with van der Waals surface area (Å²) in [4.78, 5) is 4.29. The molecule has 0 heterocycles. The number of nitrogens with one attached hydrogen (secondary N) is 2. The number of benzene rings is 1. The van der Waals surface area contributed by atoms with Crippen molar-refractivity contribution in [1.29, 1.82) is 0 Å². The number of thioether (sulfide) groups is 1. The molecule has 0 aliphatic heterocycles. The minimum atomic E-state index is 0.107. The lowest BCUT2D eigenvalue weighted by Crippen LogP contribution is -2.41. The quantitative estimate of drug-likeness (QED) is 0.526. The SMILES string of the molecule is CCOc1ccc(C(C)NC(=NC)NCC(C)SC)cc1OCC. The second-order valence-electron chi connectivity index (χ2n) is 5.44. The molecule has 2 unspecified atom stereocenters. The first-order valence-electron chi connectivity index (χ1n) is 8.45. The molecule has 0 saturated heterocycles. The molecule has 0 radical (unpaired) electrons. The summed E-state index contributed by atoms with van der Waals surface area (Å²) in [5, 5.41) is 7.31. The molecular formula is C18H31N3O2S. The highest BCUT2D eigenvalue weighted by Crippen LogP contribution is 2.30. The van der Waals surface area contributed by atoms with Gasteiger partial charge >= 0.3 is 0 Å². The molecular weight excluding hydrogens is 322 g/mol. The van der Waals surface area contributed by atoms with E-state index < -0.39 is 0 Å². The highest BCUT2D eigenvalue weighted by Gasteiger charge is 2.12. The maximum Gasteiger partial charge on any atom is 0.191 e. The molecule has 2 atom stereocenters. The van der Waals surface area contributed by atoms with E-state index in [1.807, 2.05) is 37.7 Å². The van der Waals surface area contributed by atoms with E-state index in [4.69, 9.17) is 9.47 Å². The predicted molar refractivity (Wildman–Crippen MR) is 105 cm³/mol. The Morgan fingerprint density at radius 1 is 1.17 bits per heavy atom. The Morgan fingerprint density at radius 3 is 2.42 bits per heavy atom. The molecule has 0 saturated carbocycles. The molecule has 0 fully saturated rings. The lowest BCUT2D eigenvalue weighted by molar-refractivity contribution is 0.287. The van der Waals surface area contributed by atoms with Gasteiger partial charge in [-0.2, -0.15) is 11.8 Å². The van der Waals surface area contributed by atoms with Crippen LogP contribution in [0.4, 0.5) is 0 Å². The maximum atomic E-state index is 5.70. The molecule has 1 aromatic rings. The van der Waals surface area contributed by atoms with E-state index in [2.05, 4.69) is 41.8 Å². The van der Waals surface area contributed by atoms with E-state index in [0.717, 1.165) is 29.6 Å². The number of hydrogen-bond acceptors (Lipinski definition) is 4. The topological polar surface area (TPSA) is 54.9 Å². The van der Waals surface area contributed by atoms with Crippen molar-refractivity contribution in [2.24, 2.45) is 4.99 Å². The average molecular weight is 354 g/mol. The first-order chi connectivity index (χ1) is 11.5. The lowest BCUT2D eigenvalue weighted by atomic mass is 10.1. The van der Waals surface area contributed by atoms with Crippen molar-refractivity contribution >= 4 is 17.7 Å². The number of nitrogens with zero attached hydrogens (tertiary/aromatic N) is 1. The number of hydrogen-bond donors (Lipinski definition) is 2. The van der Waals surface area contributed by atoms with Gasteiger partial charge in [0.2, 0.25) is 0 Å². The molecule has 136 valence electrons. The fourth-order valence-electron chi connectivity index (χ4n) is 2.14. The Bertz CT molecular complexity index is 523. The molecule has 2 N–H and O–H groups in total. The van der Waals surface area contributed by atoms with Crippen molar-refractivity contribution in [2.75, 3.05) is 33.1 Å². The van der Waals surface area contributed by atoms with Crippen LogP contribution in [0.3, 0.4) is 0 Å². The van der Waals surface area contributed by atoms with Crippen molar-refractivity contribution in [3.63, 3.8) is 0 Å². The van der Waals surface area contributed by atoms with E-state index in [-0.39, 0.29) is 6.04 Å². The molecule has 1 aromatic carbocycles. The third kappa shape index (κ3) is 6.51. The van der Waals surface area contributed by atoms with Crippen LogP contribution in [0.5, 0.6) is 11.5 Å². The van der Waals surface area contributed by atoms with Crippen LogP contribution in [0.1, 0.15) is 39.3 Å². The highest BCUT2D eigenvalue weighted by molar-refractivity contribution is 7.99. The Balaban J connectivity index is 2.78. The fraction of sp³-hybridized carbons (Fsp3) is 0.611. The molecule has 0 aliphatic carbocycles. The van der Waals surface area contributed by atoms with Crippen LogP contribution in [-0.4, -0.2) is 44.3 Å². The van der Waals surface area contributed by atoms with Gasteiger partial charge in [0.15, 0.2) is 17.5 Å². The largest absolute Gasteiger partial charge is 0.490 e. The second-order valence-corrected chi connectivity index (χ2v) is 6.71. The zero-order valence-electron chi connectivity index (χ0n) is 15.7. The Kier molecular flexibility index (Phi) is 9.45. The van der Waals surface area contributed by atoms with Gasteiger partial charge in [-0.25, -0.2) is 0 Å². The zero-order valence-corrected chi connectivity index (χ0v) is 16.5. The standard InChI is InChI=1S/C18H31N3O2S/c1-7-22-16-10-9-15(11-17(16)23-8-2)14(4)21-18(19-5)20-12-13(3)24-6/h9-11,13-14H,7-8,12H2,1-6H3,(H2,19,20,21). The van der Waals surface area contributed by atoms with E-state index in [0.29, 0.717) is 18.5 Å². The van der Waals surface area contributed by atoms with Gasteiger partial charge in [-0.15, -0.1) is 0 Å². The molecule has 0 amide bonds. The third-order valence-corrected chi connectivity index (χ3v) is 4.58. The normalized spacial score (nSPS) is 14.0. The van der Waals surface area contributed by atoms with E-state index in [1.165, 1.54) is 0 Å². The molecule has 0 bridgehead atoms. The molecule has 0 spiro atoms. The predicted octanol–water partition coefficient (Wildman–Crippen LogP) is 3.46. The first-order valence-corrected chi connectivity index (χ1v) is 9.73. The smallest absolute Gasteiger partial charge is 0.191 e. The van der Waals surface area contributed by atoms with Gasteiger partial charge in [-0.3, -0.25) is 4.99 Å². The minimum Gasteiger partial charge on any atom is -0.490 e. The maximum absolute atomic E-state index is 5.70. The average Bonchev–Trinajstić information content (AvgIpc) is 2.59. The van der Waals surface area contributed by atoms with Gasteiger partial charge in [0.1, 0.15) is 0 Å². The van der Waals surface area contributed by atoms with Crippen LogP contribution in [-0.2, 0) is 0 Å². The van der Waals surface area contributed by atoms with Gasteiger partial charge in [0.25, 0.3) is 0 Å². The molecule has 5 nitrogen and oxygen atoms in total. The third-order valence-electron chi connectivity index (χ3n) is 3.60. The summed E-state index contributed by atoms with van der Waals surface area (Å²) in [6.07, 6.45) is 2.11. The summed E-state index contributed by atoms with van der Waals surface area (Å²) < 4.78 is 11.3. The van der Waals surface area contributed by atoms with Crippen LogP contribution >= 0.6 is 11.8 Å². The molecule has 0 aliphatic rings. The van der Waals surface area contributed by atoms with Crippen LogP contribution in [0.25, 0.3) is 0 Å². The molecule has 1 rings (SSSR count). The summed E-state index contributed by atoms with van der Waals surface area (Å²) in [6.45, 7) is 10.4. The molecule has 24 heavy (non-hydrogen) atoms. The monoisotopic (exact) mass is 353 g/mol. The minimum absolute atomic E-state index is 0.107. The van der Waals surface area contributed by atoms with Crippen LogP contribution in [0.15, 0.2) is 23.2 Å². The van der Waals surface area contributed by atoms with E-state index in [9.17, 15) is 0 Å². The van der Waals surface area contributed by atoms with Crippen LogP contribution < -0.4 is 20.1 Å². The van der Waals surface area contributed by atoms with Crippen molar-refractivity contribution in [3.8, 4) is 11.5 Å². The highest BCUT2D eigenvalue weighted by atomic mass is 32.2. The van der Waals surface area contributed by atoms with Gasteiger partial charge in [0, 0.05) is 18.8 Å². The van der Waals surface area contributed by atoms with Crippen molar-refractivity contribution in [1.82, 2.24) is 10.6 Å². The van der Waals surface area contributed by atoms with Gasteiger partial charge in [0.05, 0.1) is 19.3 Å². The van der Waals surface area contributed by atoms with Gasteiger partial charge in [-0.1, -0.05) is 13.0 Å². The fourth-order valence-corrected chi connectivity index (χ4v) is 2.39.